The van der Waals surface area contributed by atoms with Gasteiger partial charge in [0.1, 0.15) is 18.5 Å². The molecule has 12 heteroatoms. The molecule has 1 amide bonds. The van der Waals surface area contributed by atoms with Crippen LogP contribution in [0.15, 0.2) is 49.1 Å². The van der Waals surface area contributed by atoms with E-state index in [0.717, 1.165) is 40.1 Å². The predicted molar refractivity (Wildman–Crippen MR) is 185 cm³/mol. The normalized spacial score (nSPS) is 20.5. The molecule has 0 N–H and O–H groups in total. The number of piperazine rings is 1. The molecule has 9 nitrogen and oxygen atoms in total. The van der Waals surface area contributed by atoms with Gasteiger partial charge >= 0.3 is 6.01 Å². The minimum absolute atomic E-state index is 0.0155. The second-order valence-corrected chi connectivity index (χ2v) is 13.7. The van der Waals surface area contributed by atoms with Gasteiger partial charge in [0.2, 0.25) is 18.4 Å². The van der Waals surface area contributed by atoms with Crippen LogP contribution in [0, 0.1) is 12.5 Å². The molecule has 2 aromatic carbocycles. The SMILES string of the molecule is [C-]#[N+]C[C@H]1CN(c2nc(OC[C@@H](C)N(C)[C@@H](C)C3CC(F)(F)C3)nc3c2CCN(c2cccc4cccc(Cl)c24)C3)CCN1C(=O)C=C. The minimum Gasteiger partial charge on any atom is -0.462 e. The molecule has 3 atom stereocenters. The van der Waals surface area contributed by atoms with Crippen LogP contribution in [-0.4, -0.2) is 96.1 Å². The summed E-state index contributed by atoms with van der Waals surface area (Å²) in [6.07, 6.45) is 1.83. The Kier molecular flexibility index (Phi) is 9.77. The number of likely N-dealkylation sites (N-methyl/N-ethyl adjacent to an activating group) is 1. The van der Waals surface area contributed by atoms with Gasteiger partial charge in [0, 0.05) is 67.7 Å². The van der Waals surface area contributed by atoms with Gasteiger partial charge in [-0.05, 0) is 56.8 Å². The fraction of sp³-hybridized carbons (Fsp3) is 0.500. The van der Waals surface area contributed by atoms with E-state index in [1.807, 2.05) is 39.1 Å². The largest absolute Gasteiger partial charge is 0.462 e. The van der Waals surface area contributed by atoms with Crippen LogP contribution >= 0.6 is 11.6 Å². The van der Waals surface area contributed by atoms with E-state index >= 15 is 0 Å². The number of aromatic nitrogens is 2. The van der Waals surface area contributed by atoms with Gasteiger partial charge in [-0.3, -0.25) is 9.69 Å². The first-order valence-electron chi connectivity index (χ1n) is 16.6. The van der Waals surface area contributed by atoms with Crippen molar-refractivity contribution in [3.63, 3.8) is 0 Å². The number of benzene rings is 2. The number of alkyl halides is 2. The van der Waals surface area contributed by atoms with Crippen LogP contribution in [0.25, 0.3) is 15.6 Å². The highest BCUT2D eigenvalue weighted by atomic mass is 35.5. The number of anilines is 2. The summed E-state index contributed by atoms with van der Waals surface area (Å²) in [5.41, 5.74) is 2.91. The lowest BCUT2D eigenvalue weighted by molar-refractivity contribution is -0.130. The second-order valence-electron chi connectivity index (χ2n) is 13.3. The Morgan fingerprint density at radius 3 is 2.65 bits per heavy atom. The van der Waals surface area contributed by atoms with Crippen molar-refractivity contribution in [2.45, 2.75) is 63.7 Å². The highest BCUT2D eigenvalue weighted by molar-refractivity contribution is 6.36. The molecule has 1 saturated heterocycles. The van der Waals surface area contributed by atoms with Gasteiger partial charge in [-0.1, -0.05) is 42.4 Å². The van der Waals surface area contributed by atoms with E-state index in [1.165, 1.54) is 6.08 Å². The van der Waals surface area contributed by atoms with Crippen molar-refractivity contribution in [2.24, 2.45) is 5.92 Å². The Hall–Kier alpha value is -4.01. The number of rotatable bonds is 10. The monoisotopic (exact) mass is 677 g/mol. The Morgan fingerprint density at radius 1 is 1.19 bits per heavy atom. The molecule has 0 radical (unpaired) electrons. The summed E-state index contributed by atoms with van der Waals surface area (Å²) in [5.74, 6) is -2.03. The summed E-state index contributed by atoms with van der Waals surface area (Å²) in [6.45, 7) is 18.3. The van der Waals surface area contributed by atoms with Crippen LogP contribution in [0.2, 0.25) is 5.02 Å². The molecule has 254 valence electrons. The van der Waals surface area contributed by atoms with Crippen LogP contribution < -0.4 is 14.5 Å². The molecule has 1 saturated carbocycles. The molecule has 2 fully saturated rings. The number of ether oxygens (including phenoxy) is 1. The number of halogens is 3. The third-order valence-corrected chi connectivity index (χ3v) is 10.6. The molecule has 0 bridgehead atoms. The van der Waals surface area contributed by atoms with Crippen molar-refractivity contribution in [1.29, 1.82) is 0 Å². The van der Waals surface area contributed by atoms with Gasteiger partial charge in [0.25, 0.3) is 0 Å². The number of carbonyl (C=O) groups is 1. The van der Waals surface area contributed by atoms with E-state index in [0.29, 0.717) is 37.6 Å². The number of fused-ring (bicyclic) bond motifs is 2. The first-order chi connectivity index (χ1) is 23.0. The lowest BCUT2D eigenvalue weighted by atomic mass is 9.76. The number of carbonyl (C=O) groups excluding carboxylic acids is 1. The average Bonchev–Trinajstić information content (AvgIpc) is 3.07. The summed E-state index contributed by atoms with van der Waals surface area (Å²) in [5, 5.41) is 2.75. The third-order valence-electron chi connectivity index (χ3n) is 10.3. The van der Waals surface area contributed by atoms with Gasteiger partial charge in [-0.25, -0.2) is 15.4 Å². The number of amides is 1. The van der Waals surface area contributed by atoms with Crippen molar-refractivity contribution in [3.05, 3.63) is 76.8 Å². The summed E-state index contributed by atoms with van der Waals surface area (Å²) < 4.78 is 33.4. The van der Waals surface area contributed by atoms with E-state index in [9.17, 15) is 13.6 Å². The first-order valence-corrected chi connectivity index (χ1v) is 16.9. The summed E-state index contributed by atoms with van der Waals surface area (Å²) in [4.78, 5) is 34.4. The highest BCUT2D eigenvalue weighted by Crippen LogP contribution is 2.45. The lowest BCUT2D eigenvalue weighted by Crippen LogP contribution is -2.56. The molecule has 48 heavy (non-hydrogen) atoms. The quantitative estimate of drug-likeness (QED) is 0.190. The van der Waals surface area contributed by atoms with Crippen LogP contribution in [0.3, 0.4) is 0 Å². The molecule has 6 rings (SSSR count). The molecule has 3 heterocycles. The zero-order chi connectivity index (χ0) is 34.2. The summed E-state index contributed by atoms with van der Waals surface area (Å²) >= 11 is 6.71. The number of hydrogen-bond acceptors (Lipinski definition) is 7. The maximum Gasteiger partial charge on any atom is 0.318 e. The summed E-state index contributed by atoms with van der Waals surface area (Å²) in [6, 6.07) is 12.0. The number of nitrogens with zero attached hydrogens (tertiary/aromatic N) is 7. The molecule has 1 aliphatic carbocycles. The van der Waals surface area contributed by atoms with Crippen molar-refractivity contribution in [2.75, 3.05) is 56.2 Å². The van der Waals surface area contributed by atoms with Gasteiger partial charge in [-0.2, -0.15) is 9.97 Å². The van der Waals surface area contributed by atoms with E-state index in [2.05, 4.69) is 44.3 Å². The molecule has 0 unspecified atom stereocenters. The fourth-order valence-electron chi connectivity index (χ4n) is 7.27. The van der Waals surface area contributed by atoms with Gasteiger partial charge in [0.15, 0.2) is 0 Å². The molecule has 3 aromatic rings. The van der Waals surface area contributed by atoms with Crippen molar-refractivity contribution in [3.8, 4) is 6.01 Å². The molecule has 3 aliphatic rings. The summed E-state index contributed by atoms with van der Waals surface area (Å²) in [7, 11) is 1.95. The van der Waals surface area contributed by atoms with Crippen LogP contribution in [0.1, 0.15) is 37.9 Å². The Bertz CT molecular complexity index is 1720. The first kappa shape index (κ1) is 33.9. The van der Waals surface area contributed by atoms with E-state index in [-0.39, 0.29) is 62.0 Å². The van der Waals surface area contributed by atoms with Crippen LogP contribution in [0.5, 0.6) is 6.01 Å². The lowest BCUT2D eigenvalue weighted by Gasteiger charge is -2.43. The third kappa shape index (κ3) is 6.78. The molecular formula is C36H42ClF2N7O2. The molecule has 2 aliphatic heterocycles. The van der Waals surface area contributed by atoms with Gasteiger partial charge < -0.3 is 24.3 Å². The van der Waals surface area contributed by atoms with Crippen molar-refractivity contribution < 1.29 is 18.3 Å². The van der Waals surface area contributed by atoms with E-state index in [4.69, 9.17) is 32.9 Å². The predicted octanol–water partition coefficient (Wildman–Crippen LogP) is 6.10. The van der Waals surface area contributed by atoms with Crippen LogP contribution in [-0.2, 0) is 17.8 Å². The van der Waals surface area contributed by atoms with E-state index < -0.39 is 5.92 Å². The van der Waals surface area contributed by atoms with Gasteiger partial charge in [-0.15, -0.1) is 0 Å². The number of hydrogen-bond donors (Lipinski definition) is 0. The minimum atomic E-state index is -2.56. The Balaban J connectivity index is 1.29. The van der Waals surface area contributed by atoms with Crippen molar-refractivity contribution in [1.82, 2.24) is 19.8 Å². The van der Waals surface area contributed by atoms with Crippen LogP contribution in [0.4, 0.5) is 20.3 Å². The Labute approximate surface area is 285 Å². The zero-order valence-corrected chi connectivity index (χ0v) is 28.5. The van der Waals surface area contributed by atoms with E-state index in [1.54, 1.807) is 4.90 Å². The fourth-order valence-corrected chi connectivity index (χ4v) is 7.55. The molecular weight excluding hydrogens is 636 g/mol. The maximum atomic E-state index is 13.6. The standard InChI is InChI=1S/C36H42ClF2N7O2/c1-6-32(47)46-16-15-45(20-27(46)19-40-4)34-28-13-14-44(31-12-8-10-25-9-7-11-29(37)33(25)31)21-30(28)41-35(42-34)48-22-23(2)43(5)24(3)26-17-36(38,39)18-26/h6-12,23-24,26-27H,1,13-22H2,2-3,5H3/t23-,24+,27+/m1/s1. The zero-order valence-electron chi connectivity index (χ0n) is 27.7. The van der Waals surface area contributed by atoms with Crippen molar-refractivity contribution >= 4 is 39.8 Å². The molecule has 1 aromatic heterocycles. The topological polar surface area (TPSA) is 69.4 Å². The highest BCUT2D eigenvalue weighted by Gasteiger charge is 2.48. The Morgan fingerprint density at radius 2 is 1.94 bits per heavy atom. The maximum absolute atomic E-state index is 13.6. The second kappa shape index (κ2) is 13.8. The van der Waals surface area contributed by atoms with Gasteiger partial charge in [0.05, 0.1) is 17.3 Å². The average molecular weight is 678 g/mol. The smallest absolute Gasteiger partial charge is 0.318 e. The molecule has 0 spiro atoms.